The van der Waals surface area contributed by atoms with Crippen molar-refractivity contribution >= 4 is 16.0 Å². The molecular formula is C11H19N3O4S. The van der Waals surface area contributed by atoms with E-state index in [9.17, 15) is 13.2 Å². The van der Waals surface area contributed by atoms with Gasteiger partial charge in [-0.1, -0.05) is 13.8 Å². The Morgan fingerprint density at radius 2 is 2.21 bits per heavy atom. The minimum absolute atomic E-state index is 0.0301. The van der Waals surface area contributed by atoms with Gasteiger partial charge in [-0.05, 0) is 12.8 Å². The topological polar surface area (TPSA) is 92.4 Å². The van der Waals surface area contributed by atoms with Crippen LogP contribution in [0.3, 0.4) is 0 Å². The number of sulfonamides is 1. The van der Waals surface area contributed by atoms with Crippen LogP contribution in [0.25, 0.3) is 0 Å². The van der Waals surface area contributed by atoms with Crippen LogP contribution in [-0.2, 0) is 19.6 Å². The number of nitrogens with one attached hydrogen (secondary N) is 1. The number of esters is 1. The molecule has 0 radical (unpaired) electrons. The number of carbonyl (C=O) groups is 1. The van der Waals surface area contributed by atoms with E-state index in [0.717, 1.165) is 4.31 Å². The smallest absolute Gasteiger partial charge is 0.321 e. The lowest BCUT2D eigenvalue weighted by molar-refractivity contribution is -0.143. The van der Waals surface area contributed by atoms with Crippen molar-refractivity contribution in [1.82, 2.24) is 14.3 Å². The van der Waals surface area contributed by atoms with Gasteiger partial charge in [0.2, 0.25) is 0 Å². The lowest BCUT2D eigenvalue weighted by atomic mass is 10.2. The fourth-order valence-corrected chi connectivity index (χ4v) is 2.97. The van der Waals surface area contributed by atoms with Gasteiger partial charge in [0.1, 0.15) is 6.54 Å². The number of ether oxygens (including phenoxy) is 1. The molecule has 0 aliphatic heterocycles. The fourth-order valence-electron chi connectivity index (χ4n) is 1.53. The highest BCUT2D eigenvalue weighted by Gasteiger charge is 2.28. The third kappa shape index (κ3) is 4.32. The molecule has 0 fully saturated rings. The number of carbonyl (C=O) groups excluding carboxylic acids is 1. The molecule has 108 valence electrons. The number of nitrogens with zero attached hydrogens (tertiary/aromatic N) is 2. The van der Waals surface area contributed by atoms with E-state index in [0.29, 0.717) is 0 Å². The predicted molar refractivity (Wildman–Crippen MR) is 68.8 cm³/mol. The molecule has 1 heterocycles. The summed E-state index contributed by atoms with van der Waals surface area (Å²) in [6.07, 6.45) is 2.50. The van der Waals surface area contributed by atoms with Gasteiger partial charge in [0.15, 0.2) is 5.03 Å². The van der Waals surface area contributed by atoms with Crippen LogP contribution in [0.2, 0.25) is 0 Å². The van der Waals surface area contributed by atoms with Crippen LogP contribution in [0.5, 0.6) is 0 Å². The summed E-state index contributed by atoms with van der Waals surface area (Å²) in [7, 11) is -3.75. The second kappa shape index (κ2) is 6.67. The van der Waals surface area contributed by atoms with Crippen LogP contribution in [0.15, 0.2) is 17.6 Å². The summed E-state index contributed by atoms with van der Waals surface area (Å²) in [4.78, 5) is 17.7. The molecule has 0 unspecified atom stereocenters. The molecule has 7 nitrogen and oxygen atoms in total. The second-order valence-electron chi connectivity index (χ2n) is 4.41. The van der Waals surface area contributed by atoms with E-state index in [2.05, 4.69) is 9.97 Å². The number of aromatic amines is 1. The van der Waals surface area contributed by atoms with E-state index in [1.165, 1.54) is 12.5 Å². The highest BCUT2D eigenvalue weighted by Crippen LogP contribution is 2.14. The molecule has 8 heteroatoms. The van der Waals surface area contributed by atoms with Crippen LogP contribution >= 0.6 is 0 Å². The zero-order valence-electron chi connectivity index (χ0n) is 11.3. The molecule has 0 atom stereocenters. The van der Waals surface area contributed by atoms with Crippen LogP contribution in [0.4, 0.5) is 0 Å². The molecule has 0 amide bonds. The van der Waals surface area contributed by atoms with Gasteiger partial charge in [-0.15, -0.1) is 0 Å². The van der Waals surface area contributed by atoms with Gasteiger partial charge < -0.3 is 9.72 Å². The van der Waals surface area contributed by atoms with Gasteiger partial charge in [0.05, 0.1) is 19.1 Å². The molecule has 0 saturated carbocycles. The standard InChI is InChI=1S/C11H19N3O4S/c1-4-18-11(15)7-14(6-9(2)3)19(16,17)10-5-12-8-13-10/h5,8-9H,4,6-7H2,1-3H3,(H,12,13). The largest absolute Gasteiger partial charge is 0.465 e. The predicted octanol–water partition coefficient (Wildman–Crippen LogP) is 0.619. The van der Waals surface area contributed by atoms with Crippen molar-refractivity contribution in [3.05, 3.63) is 12.5 Å². The Morgan fingerprint density at radius 3 is 2.68 bits per heavy atom. The average Bonchev–Trinajstić information content (AvgIpc) is 2.81. The second-order valence-corrected chi connectivity index (χ2v) is 6.32. The number of hydrogen-bond acceptors (Lipinski definition) is 5. The summed E-state index contributed by atoms with van der Waals surface area (Å²) in [5.74, 6) is -0.474. The summed E-state index contributed by atoms with van der Waals surface area (Å²) in [6, 6.07) is 0. The highest BCUT2D eigenvalue weighted by molar-refractivity contribution is 7.89. The number of hydrogen-bond donors (Lipinski definition) is 1. The molecule has 0 saturated heterocycles. The minimum atomic E-state index is -3.75. The first-order valence-electron chi connectivity index (χ1n) is 6.02. The maximum atomic E-state index is 12.3. The van der Waals surface area contributed by atoms with Crippen LogP contribution in [0.1, 0.15) is 20.8 Å². The third-order valence-electron chi connectivity index (χ3n) is 2.27. The van der Waals surface area contributed by atoms with Crippen molar-refractivity contribution in [2.75, 3.05) is 19.7 Å². The highest BCUT2D eigenvalue weighted by atomic mass is 32.2. The number of imidazole rings is 1. The SMILES string of the molecule is CCOC(=O)CN(CC(C)C)S(=O)(=O)c1cnc[nH]1. The van der Waals surface area contributed by atoms with Crippen molar-refractivity contribution < 1.29 is 17.9 Å². The Kier molecular flexibility index (Phi) is 5.49. The monoisotopic (exact) mass is 289 g/mol. The lowest BCUT2D eigenvalue weighted by Gasteiger charge is -2.22. The van der Waals surface area contributed by atoms with Crippen LogP contribution in [0, 0.1) is 5.92 Å². The number of aromatic nitrogens is 2. The molecule has 1 rings (SSSR count). The summed E-state index contributed by atoms with van der Waals surface area (Å²) >= 11 is 0. The molecule has 1 N–H and O–H groups in total. The number of H-pyrrole nitrogens is 1. The normalized spacial score (nSPS) is 12.1. The van der Waals surface area contributed by atoms with E-state index >= 15 is 0 Å². The van der Waals surface area contributed by atoms with Crippen molar-refractivity contribution in [1.29, 1.82) is 0 Å². The number of rotatable bonds is 7. The van der Waals surface area contributed by atoms with Crippen molar-refractivity contribution in [2.24, 2.45) is 5.92 Å². The first kappa shape index (κ1) is 15.6. The molecule has 0 aliphatic rings. The van der Waals surface area contributed by atoms with Crippen molar-refractivity contribution in [3.63, 3.8) is 0 Å². The van der Waals surface area contributed by atoms with Gasteiger partial charge in [-0.3, -0.25) is 4.79 Å². The Morgan fingerprint density at radius 1 is 1.53 bits per heavy atom. The maximum Gasteiger partial charge on any atom is 0.321 e. The lowest BCUT2D eigenvalue weighted by Crippen LogP contribution is -2.39. The summed E-state index contributed by atoms with van der Waals surface area (Å²) < 4.78 is 30.5. The molecule has 1 aromatic heterocycles. The summed E-state index contributed by atoms with van der Waals surface area (Å²) in [5.41, 5.74) is 0. The molecule has 1 aromatic rings. The Labute approximate surface area is 113 Å². The van der Waals surface area contributed by atoms with Crippen LogP contribution in [-0.4, -0.2) is 48.4 Å². The van der Waals surface area contributed by atoms with E-state index < -0.39 is 16.0 Å². The zero-order chi connectivity index (χ0) is 14.5. The summed E-state index contributed by atoms with van der Waals surface area (Å²) in [6.45, 7) is 5.58. The molecule has 0 bridgehead atoms. The van der Waals surface area contributed by atoms with Crippen molar-refractivity contribution in [3.8, 4) is 0 Å². The molecule has 19 heavy (non-hydrogen) atoms. The first-order chi connectivity index (χ1) is 8.87. The Balaban J connectivity index is 2.93. The van der Waals surface area contributed by atoms with E-state index in [1.807, 2.05) is 13.8 Å². The van der Waals surface area contributed by atoms with Gasteiger partial charge in [0, 0.05) is 6.54 Å². The van der Waals surface area contributed by atoms with Gasteiger partial charge >= 0.3 is 5.97 Å². The molecular weight excluding hydrogens is 270 g/mol. The fraction of sp³-hybridized carbons (Fsp3) is 0.636. The molecule has 0 aliphatic carbocycles. The zero-order valence-corrected chi connectivity index (χ0v) is 12.1. The minimum Gasteiger partial charge on any atom is -0.465 e. The van der Waals surface area contributed by atoms with Gasteiger partial charge in [0.25, 0.3) is 10.0 Å². The Hall–Kier alpha value is -1.41. The first-order valence-corrected chi connectivity index (χ1v) is 7.46. The van der Waals surface area contributed by atoms with E-state index in [1.54, 1.807) is 6.92 Å². The van der Waals surface area contributed by atoms with E-state index in [4.69, 9.17) is 4.74 Å². The average molecular weight is 289 g/mol. The molecule has 0 aromatic carbocycles. The molecule has 0 spiro atoms. The quantitative estimate of drug-likeness (QED) is 0.743. The maximum absolute atomic E-state index is 12.3. The Bertz CT molecular complexity index is 496. The van der Waals surface area contributed by atoms with E-state index in [-0.39, 0.29) is 30.6 Å². The van der Waals surface area contributed by atoms with Gasteiger partial charge in [-0.25, -0.2) is 13.4 Å². The summed E-state index contributed by atoms with van der Waals surface area (Å²) in [5, 5.41) is -0.0301. The van der Waals surface area contributed by atoms with Gasteiger partial charge in [-0.2, -0.15) is 4.31 Å². The van der Waals surface area contributed by atoms with Crippen LogP contribution < -0.4 is 0 Å². The third-order valence-corrected chi connectivity index (χ3v) is 4.01. The van der Waals surface area contributed by atoms with Crippen molar-refractivity contribution in [2.45, 2.75) is 25.8 Å².